The maximum atomic E-state index is 11.0. The van der Waals surface area contributed by atoms with E-state index in [0.717, 1.165) is 31.7 Å². The molecule has 2 fully saturated rings. The van der Waals surface area contributed by atoms with Crippen molar-refractivity contribution >= 4 is 22.4 Å². The molecule has 0 radical (unpaired) electrons. The van der Waals surface area contributed by atoms with Gasteiger partial charge in [-0.2, -0.15) is 0 Å². The van der Waals surface area contributed by atoms with Crippen LogP contribution in [-0.4, -0.2) is 40.9 Å². The number of benzene rings is 1. The van der Waals surface area contributed by atoms with E-state index in [1.165, 1.54) is 12.5 Å². The normalized spacial score (nSPS) is 25.2. The van der Waals surface area contributed by atoms with Crippen LogP contribution in [0.15, 0.2) is 16.8 Å². The zero-order valence-electron chi connectivity index (χ0n) is 11.4. The number of aromatic nitrogens is 2. The van der Waals surface area contributed by atoms with Gasteiger partial charge in [-0.1, -0.05) is 0 Å². The van der Waals surface area contributed by atoms with Gasteiger partial charge in [0.2, 0.25) is 5.52 Å². The number of nitrogens with one attached hydrogen (secondary N) is 1. The standard InChI is InChI=1S/C13H15N5O3/c19-18(20)11-2-1-10(12-13(11)16-21-15-12)17-6-4-9-8(7-17)3-5-14-9/h1-2,8-9,14H,3-7H2. The molecule has 1 N–H and O–H groups in total. The van der Waals surface area contributed by atoms with Crippen LogP contribution in [0.2, 0.25) is 0 Å². The smallest absolute Gasteiger partial charge is 0.300 e. The third-order valence-electron chi connectivity index (χ3n) is 4.57. The number of piperidine rings is 1. The Kier molecular flexibility index (Phi) is 2.78. The van der Waals surface area contributed by atoms with Gasteiger partial charge in [0.15, 0.2) is 5.52 Å². The number of hydrogen-bond donors (Lipinski definition) is 1. The fraction of sp³-hybridized carbons (Fsp3) is 0.538. The summed E-state index contributed by atoms with van der Waals surface area (Å²) in [6.07, 6.45) is 2.25. The van der Waals surface area contributed by atoms with Gasteiger partial charge in [0, 0.05) is 25.2 Å². The molecule has 21 heavy (non-hydrogen) atoms. The number of rotatable bonds is 2. The van der Waals surface area contributed by atoms with Gasteiger partial charge in [-0.25, -0.2) is 4.63 Å². The van der Waals surface area contributed by atoms with Gasteiger partial charge in [0.05, 0.1) is 10.6 Å². The molecule has 0 bridgehead atoms. The minimum absolute atomic E-state index is 0.0626. The van der Waals surface area contributed by atoms with Crippen molar-refractivity contribution in [1.29, 1.82) is 0 Å². The lowest BCUT2D eigenvalue weighted by Gasteiger charge is -2.36. The van der Waals surface area contributed by atoms with Crippen LogP contribution in [0.1, 0.15) is 12.8 Å². The van der Waals surface area contributed by atoms with E-state index >= 15 is 0 Å². The minimum atomic E-state index is -0.455. The average molecular weight is 289 g/mol. The first-order valence-corrected chi connectivity index (χ1v) is 7.12. The van der Waals surface area contributed by atoms with Crippen LogP contribution in [0.3, 0.4) is 0 Å². The number of nitrogens with zero attached hydrogens (tertiary/aromatic N) is 4. The molecule has 110 valence electrons. The molecule has 0 spiro atoms. The van der Waals surface area contributed by atoms with Crippen LogP contribution in [0.4, 0.5) is 11.4 Å². The molecular formula is C13H15N5O3. The first-order valence-electron chi connectivity index (χ1n) is 7.12. The lowest BCUT2D eigenvalue weighted by Crippen LogP contribution is -2.44. The molecule has 3 heterocycles. The van der Waals surface area contributed by atoms with Gasteiger partial charge in [-0.3, -0.25) is 10.1 Å². The summed E-state index contributed by atoms with van der Waals surface area (Å²) in [5.74, 6) is 0.629. The van der Waals surface area contributed by atoms with Crippen molar-refractivity contribution in [3.8, 4) is 0 Å². The van der Waals surface area contributed by atoms with E-state index in [1.807, 2.05) is 0 Å². The zero-order valence-corrected chi connectivity index (χ0v) is 11.4. The van der Waals surface area contributed by atoms with Gasteiger partial charge in [-0.15, -0.1) is 0 Å². The van der Waals surface area contributed by atoms with Crippen molar-refractivity contribution in [2.75, 3.05) is 24.5 Å². The van der Waals surface area contributed by atoms with E-state index < -0.39 is 4.92 Å². The summed E-state index contributed by atoms with van der Waals surface area (Å²) >= 11 is 0. The van der Waals surface area contributed by atoms with Crippen molar-refractivity contribution in [1.82, 2.24) is 15.6 Å². The van der Waals surface area contributed by atoms with Crippen LogP contribution in [0.5, 0.6) is 0 Å². The molecule has 0 saturated carbocycles. The topological polar surface area (TPSA) is 97.3 Å². The molecule has 0 amide bonds. The Morgan fingerprint density at radius 3 is 3.05 bits per heavy atom. The largest absolute Gasteiger partial charge is 0.369 e. The predicted octanol–water partition coefficient (Wildman–Crippen LogP) is 1.32. The zero-order chi connectivity index (χ0) is 14.4. The van der Waals surface area contributed by atoms with E-state index in [2.05, 4.69) is 20.5 Å². The minimum Gasteiger partial charge on any atom is -0.369 e. The monoisotopic (exact) mass is 289 g/mol. The van der Waals surface area contributed by atoms with Crippen molar-refractivity contribution in [2.24, 2.45) is 5.92 Å². The molecule has 2 atom stereocenters. The van der Waals surface area contributed by atoms with Crippen molar-refractivity contribution in [3.05, 3.63) is 22.2 Å². The Balaban J connectivity index is 1.72. The second-order valence-electron chi connectivity index (χ2n) is 5.67. The number of nitro groups is 1. The summed E-state index contributed by atoms with van der Waals surface area (Å²) in [6.45, 7) is 2.93. The van der Waals surface area contributed by atoms with Gasteiger partial charge >= 0.3 is 5.69 Å². The van der Waals surface area contributed by atoms with Gasteiger partial charge in [0.1, 0.15) is 0 Å². The van der Waals surface area contributed by atoms with Crippen molar-refractivity contribution < 1.29 is 9.55 Å². The third-order valence-corrected chi connectivity index (χ3v) is 4.57. The lowest BCUT2D eigenvalue weighted by atomic mass is 9.93. The maximum absolute atomic E-state index is 11.0. The SMILES string of the molecule is O=[N+]([O-])c1ccc(N2CCC3NCCC3C2)c2nonc12. The summed E-state index contributed by atoms with van der Waals surface area (Å²) in [5.41, 5.74) is 1.52. The Bertz CT molecular complexity index is 700. The molecule has 8 nitrogen and oxygen atoms in total. The number of hydrogen-bond acceptors (Lipinski definition) is 7. The van der Waals surface area contributed by atoms with Crippen LogP contribution in [0.25, 0.3) is 11.0 Å². The van der Waals surface area contributed by atoms with E-state index in [1.54, 1.807) is 6.07 Å². The molecule has 4 rings (SSSR count). The van der Waals surface area contributed by atoms with E-state index in [0.29, 0.717) is 17.5 Å². The summed E-state index contributed by atoms with van der Waals surface area (Å²) in [5, 5.41) is 22.1. The Hall–Kier alpha value is -2.22. The summed E-state index contributed by atoms with van der Waals surface area (Å²) in [6, 6.07) is 3.85. The first-order chi connectivity index (χ1) is 10.2. The number of anilines is 1. The molecule has 2 aromatic rings. The molecule has 1 aromatic carbocycles. The number of non-ortho nitro benzene ring substituents is 1. The molecule has 0 aliphatic carbocycles. The van der Waals surface area contributed by atoms with E-state index in [9.17, 15) is 10.1 Å². The lowest BCUT2D eigenvalue weighted by molar-refractivity contribution is -0.383. The Morgan fingerprint density at radius 2 is 2.19 bits per heavy atom. The van der Waals surface area contributed by atoms with E-state index in [4.69, 9.17) is 4.63 Å². The molecule has 2 saturated heterocycles. The number of fused-ring (bicyclic) bond motifs is 2. The van der Waals surface area contributed by atoms with Crippen LogP contribution >= 0.6 is 0 Å². The predicted molar refractivity (Wildman–Crippen MR) is 75.2 cm³/mol. The second kappa shape index (κ2) is 4.66. The van der Waals surface area contributed by atoms with E-state index in [-0.39, 0.29) is 11.2 Å². The first kappa shape index (κ1) is 12.5. The summed E-state index contributed by atoms with van der Waals surface area (Å²) < 4.78 is 4.73. The van der Waals surface area contributed by atoms with Crippen LogP contribution < -0.4 is 10.2 Å². The van der Waals surface area contributed by atoms with Crippen LogP contribution in [-0.2, 0) is 0 Å². The Morgan fingerprint density at radius 1 is 1.33 bits per heavy atom. The Labute approximate surface area is 120 Å². The second-order valence-corrected chi connectivity index (χ2v) is 5.67. The molecular weight excluding hydrogens is 274 g/mol. The van der Waals surface area contributed by atoms with Crippen LogP contribution in [0, 0.1) is 16.0 Å². The van der Waals surface area contributed by atoms with Gasteiger partial charge in [-0.05, 0) is 41.7 Å². The average Bonchev–Trinajstić information content (AvgIpc) is 3.14. The fourth-order valence-electron chi connectivity index (χ4n) is 3.51. The van der Waals surface area contributed by atoms with Crippen molar-refractivity contribution in [3.63, 3.8) is 0 Å². The quantitative estimate of drug-likeness (QED) is 0.657. The highest BCUT2D eigenvalue weighted by Crippen LogP contribution is 2.34. The number of nitro benzene ring substituents is 1. The highest BCUT2D eigenvalue weighted by molar-refractivity contribution is 5.93. The molecule has 8 heteroatoms. The maximum Gasteiger partial charge on any atom is 0.300 e. The molecule has 2 aliphatic rings. The molecule has 2 aliphatic heterocycles. The summed E-state index contributed by atoms with van der Waals surface area (Å²) in [4.78, 5) is 12.8. The highest BCUT2D eigenvalue weighted by Gasteiger charge is 2.34. The molecule has 1 aromatic heterocycles. The molecule has 2 unspecified atom stereocenters. The summed E-state index contributed by atoms with van der Waals surface area (Å²) in [7, 11) is 0. The van der Waals surface area contributed by atoms with Crippen molar-refractivity contribution in [2.45, 2.75) is 18.9 Å². The fourth-order valence-corrected chi connectivity index (χ4v) is 3.51. The third kappa shape index (κ3) is 1.94. The highest BCUT2D eigenvalue weighted by atomic mass is 16.6. The van der Waals surface area contributed by atoms with Gasteiger partial charge in [0.25, 0.3) is 0 Å². The van der Waals surface area contributed by atoms with Gasteiger partial charge < -0.3 is 10.2 Å².